The summed E-state index contributed by atoms with van der Waals surface area (Å²) in [4.78, 5) is 0. The second-order valence-corrected chi connectivity index (χ2v) is 7.91. The molecule has 0 aromatic heterocycles. The summed E-state index contributed by atoms with van der Waals surface area (Å²) in [7, 11) is 0. The number of halogens is 3. The molecule has 3 unspecified atom stereocenters. The molecule has 3 heteroatoms. The first-order valence-corrected chi connectivity index (χ1v) is 9.84. The molecule has 0 radical (unpaired) electrons. The van der Waals surface area contributed by atoms with E-state index in [1.54, 1.807) is 0 Å². The van der Waals surface area contributed by atoms with E-state index in [2.05, 4.69) is 30.9 Å². The number of rotatable bonds is 1. The van der Waals surface area contributed by atoms with Gasteiger partial charge in [0.1, 0.15) is 0 Å². The average molecular weight is 368 g/mol. The van der Waals surface area contributed by atoms with E-state index in [9.17, 15) is 13.2 Å². The van der Waals surface area contributed by atoms with Crippen LogP contribution >= 0.6 is 0 Å². The largest absolute Gasteiger partial charge is 0.204 e. The maximum absolute atomic E-state index is 13.3. The second kappa shape index (κ2) is 7.43. The Labute approximate surface area is 158 Å². The van der Waals surface area contributed by atoms with Crippen LogP contribution in [-0.4, -0.2) is 0 Å². The van der Waals surface area contributed by atoms with E-state index in [1.165, 1.54) is 43.2 Å². The molecule has 0 N–H and O–H groups in total. The van der Waals surface area contributed by atoms with Crippen molar-refractivity contribution in [3.8, 4) is 11.8 Å². The Kier molecular flexibility index (Phi) is 5.00. The van der Waals surface area contributed by atoms with Crippen LogP contribution in [0.25, 0.3) is 0 Å². The van der Waals surface area contributed by atoms with Crippen LogP contribution in [0.5, 0.6) is 0 Å². The van der Waals surface area contributed by atoms with Crippen LogP contribution in [0.4, 0.5) is 13.2 Å². The lowest BCUT2D eigenvalue weighted by Gasteiger charge is -2.40. The summed E-state index contributed by atoms with van der Waals surface area (Å²) in [5.74, 6) is 4.19. The van der Waals surface area contributed by atoms with Crippen molar-refractivity contribution in [3.05, 3.63) is 70.0 Å². The van der Waals surface area contributed by atoms with Gasteiger partial charge in [0.05, 0.1) is 0 Å². The fraction of sp³-hybridized carbons (Fsp3) is 0.417. The molecule has 2 aromatic carbocycles. The first-order valence-electron chi connectivity index (χ1n) is 9.84. The Morgan fingerprint density at radius 2 is 1.67 bits per heavy atom. The zero-order valence-electron chi connectivity index (χ0n) is 15.5. The van der Waals surface area contributed by atoms with Gasteiger partial charge in [0.2, 0.25) is 0 Å². The molecule has 140 valence electrons. The molecule has 0 amide bonds. The average Bonchev–Trinajstić information content (AvgIpc) is 2.69. The Hall–Kier alpha value is -2.21. The predicted octanol–water partition coefficient (Wildman–Crippen LogP) is 6.36. The third kappa shape index (κ3) is 3.63. The molecule has 2 aromatic rings. The Bertz CT molecular complexity index is 896. The summed E-state index contributed by atoms with van der Waals surface area (Å²) in [6, 6.07) is 8.16. The van der Waals surface area contributed by atoms with Crippen molar-refractivity contribution in [2.75, 3.05) is 0 Å². The molecule has 3 atom stereocenters. The van der Waals surface area contributed by atoms with Gasteiger partial charge in [-0.1, -0.05) is 31.3 Å². The van der Waals surface area contributed by atoms with Crippen molar-refractivity contribution >= 4 is 0 Å². The van der Waals surface area contributed by atoms with E-state index in [0.717, 1.165) is 36.0 Å². The second-order valence-electron chi connectivity index (χ2n) is 7.91. The van der Waals surface area contributed by atoms with Crippen LogP contribution in [0, 0.1) is 41.1 Å². The molecule has 2 aliphatic carbocycles. The van der Waals surface area contributed by atoms with Crippen LogP contribution in [-0.2, 0) is 6.42 Å². The minimum atomic E-state index is -1.46. The van der Waals surface area contributed by atoms with Crippen molar-refractivity contribution in [1.82, 2.24) is 0 Å². The maximum atomic E-state index is 13.3. The molecular weight excluding hydrogens is 345 g/mol. The van der Waals surface area contributed by atoms with Crippen molar-refractivity contribution in [2.24, 2.45) is 11.8 Å². The van der Waals surface area contributed by atoms with Crippen LogP contribution in [0.1, 0.15) is 67.2 Å². The highest BCUT2D eigenvalue weighted by molar-refractivity contribution is 5.47. The fourth-order valence-corrected chi connectivity index (χ4v) is 4.84. The van der Waals surface area contributed by atoms with Crippen LogP contribution in [0.15, 0.2) is 30.3 Å². The molecular formula is C24H23F3. The number of hydrogen-bond acceptors (Lipinski definition) is 0. The topological polar surface area (TPSA) is 0 Å². The van der Waals surface area contributed by atoms with Gasteiger partial charge in [0, 0.05) is 11.1 Å². The Morgan fingerprint density at radius 3 is 2.41 bits per heavy atom. The van der Waals surface area contributed by atoms with Crippen LogP contribution in [0.3, 0.4) is 0 Å². The molecule has 0 bridgehead atoms. The number of benzene rings is 2. The van der Waals surface area contributed by atoms with Crippen molar-refractivity contribution < 1.29 is 13.2 Å². The highest BCUT2D eigenvalue weighted by atomic mass is 19.2. The van der Waals surface area contributed by atoms with Gasteiger partial charge < -0.3 is 0 Å². The zero-order valence-corrected chi connectivity index (χ0v) is 15.5. The zero-order chi connectivity index (χ0) is 19.0. The third-order valence-corrected chi connectivity index (χ3v) is 6.33. The van der Waals surface area contributed by atoms with Gasteiger partial charge in [-0.15, -0.1) is 0 Å². The van der Waals surface area contributed by atoms with Gasteiger partial charge in [-0.2, -0.15) is 0 Å². The van der Waals surface area contributed by atoms with Gasteiger partial charge >= 0.3 is 0 Å². The lowest BCUT2D eigenvalue weighted by atomic mass is 9.65. The van der Waals surface area contributed by atoms with E-state index in [4.69, 9.17) is 0 Å². The number of fused-ring (bicyclic) bond motifs is 3. The summed E-state index contributed by atoms with van der Waals surface area (Å²) in [6.45, 7) is 2.30. The molecule has 0 spiro atoms. The smallest absolute Gasteiger partial charge is 0.194 e. The summed E-state index contributed by atoms with van der Waals surface area (Å²) in [6.07, 6.45) is 7.54. The quantitative estimate of drug-likeness (QED) is 0.406. The molecule has 0 heterocycles. The molecule has 0 saturated heterocycles. The SMILES string of the molecule is CCC1CCC2c3ccc(C#Cc4cc(F)c(F)c(F)c4)cc3CCC2C1. The molecule has 1 saturated carbocycles. The summed E-state index contributed by atoms with van der Waals surface area (Å²) >= 11 is 0. The van der Waals surface area contributed by atoms with Gasteiger partial charge in [-0.05, 0) is 85.3 Å². The molecule has 2 aliphatic rings. The Morgan fingerprint density at radius 1 is 0.926 bits per heavy atom. The number of hydrogen-bond donors (Lipinski definition) is 0. The van der Waals surface area contributed by atoms with Gasteiger partial charge in [0.25, 0.3) is 0 Å². The van der Waals surface area contributed by atoms with E-state index < -0.39 is 17.5 Å². The van der Waals surface area contributed by atoms with Crippen molar-refractivity contribution in [2.45, 2.75) is 51.4 Å². The van der Waals surface area contributed by atoms with E-state index in [-0.39, 0.29) is 5.56 Å². The standard InChI is InChI=1S/C24H23F3/c1-2-15-5-9-20-18(11-15)7-8-19-12-16(6-10-21(19)20)3-4-17-13-22(25)24(27)23(26)14-17/h6,10,12-15,18,20H,2,5,7-9,11H2,1H3. The maximum Gasteiger partial charge on any atom is 0.194 e. The normalized spacial score (nSPS) is 23.8. The van der Waals surface area contributed by atoms with Gasteiger partial charge in [-0.3, -0.25) is 0 Å². The lowest BCUT2D eigenvalue weighted by molar-refractivity contribution is 0.206. The lowest BCUT2D eigenvalue weighted by Crippen LogP contribution is -2.27. The molecule has 0 aliphatic heterocycles. The minimum Gasteiger partial charge on any atom is -0.204 e. The molecule has 4 rings (SSSR count). The Balaban J connectivity index is 1.57. The summed E-state index contributed by atoms with van der Waals surface area (Å²) < 4.78 is 39.7. The van der Waals surface area contributed by atoms with E-state index >= 15 is 0 Å². The predicted molar refractivity (Wildman–Crippen MR) is 101 cm³/mol. The highest BCUT2D eigenvalue weighted by Gasteiger charge is 2.34. The molecule has 27 heavy (non-hydrogen) atoms. The molecule has 0 nitrogen and oxygen atoms in total. The van der Waals surface area contributed by atoms with Gasteiger partial charge in [0.15, 0.2) is 17.5 Å². The number of aryl methyl sites for hydroxylation is 1. The van der Waals surface area contributed by atoms with Crippen molar-refractivity contribution in [1.29, 1.82) is 0 Å². The monoisotopic (exact) mass is 368 g/mol. The fourth-order valence-electron chi connectivity index (χ4n) is 4.84. The third-order valence-electron chi connectivity index (χ3n) is 6.33. The first kappa shape index (κ1) is 18.2. The summed E-state index contributed by atoms with van der Waals surface area (Å²) in [5.41, 5.74) is 3.79. The van der Waals surface area contributed by atoms with Crippen LogP contribution < -0.4 is 0 Å². The van der Waals surface area contributed by atoms with Gasteiger partial charge in [-0.25, -0.2) is 13.2 Å². The first-order chi connectivity index (χ1) is 13.0. The van der Waals surface area contributed by atoms with E-state index in [0.29, 0.717) is 5.92 Å². The highest BCUT2D eigenvalue weighted by Crippen LogP contribution is 2.47. The summed E-state index contributed by atoms with van der Waals surface area (Å²) in [5, 5.41) is 0. The van der Waals surface area contributed by atoms with Crippen molar-refractivity contribution in [3.63, 3.8) is 0 Å². The van der Waals surface area contributed by atoms with Crippen LogP contribution in [0.2, 0.25) is 0 Å². The molecule has 1 fully saturated rings. The van der Waals surface area contributed by atoms with E-state index in [1.807, 2.05) is 6.07 Å². The minimum absolute atomic E-state index is 0.141.